The van der Waals surface area contributed by atoms with Gasteiger partial charge in [-0.15, -0.1) is 0 Å². The van der Waals surface area contributed by atoms with Crippen molar-refractivity contribution in [2.45, 2.75) is 33.1 Å². The van der Waals surface area contributed by atoms with Crippen LogP contribution in [0.5, 0.6) is 0 Å². The first-order chi connectivity index (χ1) is 14.9. The number of hydrogen-bond acceptors (Lipinski definition) is 6. The van der Waals surface area contributed by atoms with Crippen molar-refractivity contribution >= 4 is 34.2 Å². The van der Waals surface area contributed by atoms with Crippen LogP contribution in [0.15, 0.2) is 47.9 Å². The molecule has 0 aromatic carbocycles. The monoisotopic (exact) mass is 417 g/mol. The molecule has 0 aliphatic carbocycles. The number of amides is 1. The highest BCUT2D eigenvalue weighted by molar-refractivity contribution is 6.47. The van der Waals surface area contributed by atoms with Gasteiger partial charge in [0.2, 0.25) is 0 Å². The molecule has 1 amide bonds. The number of nitrogens with one attached hydrogen (secondary N) is 3. The number of hydrogen-bond donors (Lipinski definition) is 4. The van der Waals surface area contributed by atoms with E-state index in [0.29, 0.717) is 17.0 Å². The van der Waals surface area contributed by atoms with Crippen molar-refractivity contribution in [1.82, 2.24) is 15.0 Å². The number of H-pyrrole nitrogens is 1. The predicted octanol–water partition coefficient (Wildman–Crippen LogP) is 3.83. The minimum absolute atomic E-state index is 0.156. The highest BCUT2D eigenvalue weighted by atomic mass is 16.1. The molecule has 4 rings (SSSR count). The van der Waals surface area contributed by atoms with Crippen LogP contribution in [-0.2, 0) is 4.79 Å². The van der Waals surface area contributed by atoms with Gasteiger partial charge < -0.3 is 20.9 Å². The smallest absolute Gasteiger partial charge is 0.273 e. The van der Waals surface area contributed by atoms with Crippen LogP contribution in [0, 0.1) is 5.41 Å². The number of allylic oxidation sites excluding steroid dienone is 1. The molecule has 1 aliphatic rings. The Morgan fingerprint density at radius 2 is 1.94 bits per heavy atom. The number of fused-ring (bicyclic) bond motifs is 1. The molecule has 3 aromatic rings. The van der Waals surface area contributed by atoms with Crippen molar-refractivity contribution in [3.63, 3.8) is 0 Å². The second-order valence-corrected chi connectivity index (χ2v) is 7.93. The number of rotatable bonds is 5. The first kappa shape index (κ1) is 20.6. The van der Waals surface area contributed by atoms with E-state index in [1.807, 2.05) is 24.4 Å². The minimum atomic E-state index is -0.514. The Bertz CT molecular complexity index is 1170. The largest absolute Gasteiger partial charge is 0.402 e. The number of pyridine rings is 2. The molecule has 1 fully saturated rings. The second kappa shape index (κ2) is 8.59. The lowest BCUT2D eigenvalue weighted by Gasteiger charge is -2.27. The SMILES string of the molecule is C/C(N)=C(\C)C(=N)C(=O)Nc1cnc2[nH]c(-c3ccnc(N4CCCCC4)c3)cc2c1. The summed E-state index contributed by atoms with van der Waals surface area (Å²) in [5.41, 5.74) is 9.68. The van der Waals surface area contributed by atoms with Crippen LogP contribution in [0.1, 0.15) is 33.1 Å². The summed E-state index contributed by atoms with van der Waals surface area (Å²) in [4.78, 5) is 27.0. The van der Waals surface area contributed by atoms with Crippen LogP contribution in [0.2, 0.25) is 0 Å². The molecule has 8 nitrogen and oxygen atoms in total. The maximum absolute atomic E-state index is 12.3. The van der Waals surface area contributed by atoms with E-state index in [0.717, 1.165) is 41.2 Å². The van der Waals surface area contributed by atoms with Gasteiger partial charge in [0, 0.05) is 41.6 Å². The average Bonchev–Trinajstić information content (AvgIpc) is 3.22. The van der Waals surface area contributed by atoms with Crippen molar-refractivity contribution in [3.05, 3.63) is 47.9 Å². The fourth-order valence-electron chi connectivity index (χ4n) is 3.68. The number of aromatic nitrogens is 3. The van der Waals surface area contributed by atoms with Gasteiger partial charge in [-0.25, -0.2) is 9.97 Å². The maximum Gasteiger partial charge on any atom is 0.273 e. The molecule has 3 aromatic heterocycles. The molecule has 0 saturated carbocycles. The van der Waals surface area contributed by atoms with Gasteiger partial charge in [-0.1, -0.05) is 0 Å². The van der Waals surface area contributed by atoms with Gasteiger partial charge in [0.1, 0.15) is 17.2 Å². The van der Waals surface area contributed by atoms with Crippen LogP contribution < -0.4 is 16.0 Å². The number of carbonyl (C=O) groups excluding carboxylic acids is 1. The van der Waals surface area contributed by atoms with Crippen molar-refractivity contribution in [3.8, 4) is 11.3 Å². The highest BCUT2D eigenvalue weighted by Crippen LogP contribution is 2.27. The van der Waals surface area contributed by atoms with E-state index in [4.69, 9.17) is 11.1 Å². The third-order valence-corrected chi connectivity index (χ3v) is 5.66. The van der Waals surface area contributed by atoms with Gasteiger partial charge in [0.25, 0.3) is 5.91 Å². The zero-order valence-electron chi connectivity index (χ0n) is 17.8. The zero-order valence-corrected chi connectivity index (χ0v) is 17.8. The van der Waals surface area contributed by atoms with Gasteiger partial charge in [0.15, 0.2) is 0 Å². The predicted molar refractivity (Wildman–Crippen MR) is 124 cm³/mol. The Balaban J connectivity index is 1.56. The molecule has 31 heavy (non-hydrogen) atoms. The molecule has 1 saturated heterocycles. The molecule has 0 bridgehead atoms. The van der Waals surface area contributed by atoms with Gasteiger partial charge in [-0.3, -0.25) is 10.2 Å². The van der Waals surface area contributed by atoms with E-state index in [9.17, 15) is 4.79 Å². The Morgan fingerprint density at radius 1 is 1.16 bits per heavy atom. The molecule has 0 unspecified atom stereocenters. The summed E-state index contributed by atoms with van der Waals surface area (Å²) >= 11 is 0. The van der Waals surface area contributed by atoms with Crippen molar-refractivity contribution in [2.24, 2.45) is 5.73 Å². The fourth-order valence-corrected chi connectivity index (χ4v) is 3.68. The van der Waals surface area contributed by atoms with E-state index < -0.39 is 5.91 Å². The van der Waals surface area contributed by atoms with Gasteiger partial charge >= 0.3 is 0 Å². The molecule has 0 radical (unpaired) electrons. The van der Waals surface area contributed by atoms with Crippen LogP contribution in [-0.4, -0.2) is 39.7 Å². The third kappa shape index (κ3) is 4.42. The molecule has 8 heteroatoms. The van der Waals surface area contributed by atoms with E-state index in [2.05, 4.69) is 31.2 Å². The lowest BCUT2D eigenvalue weighted by molar-refractivity contribution is -0.110. The summed E-state index contributed by atoms with van der Waals surface area (Å²) in [6.07, 6.45) is 7.10. The van der Waals surface area contributed by atoms with Crippen LogP contribution in [0.25, 0.3) is 22.3 Å². The molecular weight excluding hydrogens is 390 g/mol. The summed E-state index contributed by atoms with van der Waals surface area (Å²) in [5.74, 6) is 0.480. The lowest BCUT2D eigenvalue weighted by Crippen LogP contribution is -2.30. The first-order valence-corrected chi connectivity index (χ1v) is 10.5. The zero-order chi connectivity index (χ0) is 22.0. The Hall–Kier alpha value is -3.68. The number of carbonyl (C=O) groups is 1. The third-order valence-electron chi connectivity index (χ3n) is 5.66. The first-order valence-electron chi connectivity index (χ1n) is 10.5. The minimum Gasteiger partial charge on any atom is -0.402 e. The fraction of sp³-hybridized carbons (Fsp3) is 0.304. The summed E-state index contributed by atoms with van der Waals surface area (Å²) in [7, 11) is 0. The number of nitrogens with zero attached hydrogens (tertiary/aromatic N) is 3. The number of anilines is 2. The summed E-state index contributed by atoms with van der Waals surface area (Å²) in [6, 6.07) is 7.93. The van der Waals surface area contributed by atoms with Crippen LogP contribution >= 0.6 is 0 Å². The van der Waals surface area contributed by atoms with Crippen molar-refractivity contribution in [1.29, 1.82) is 5.41 Å². The number of aromatic amines is 1. The molecule has 0 atom stereocenters. The summed E-state index contributed by atoms with van der Waals surface area (Å²) in [6.45, 7) is 5.41. The Morgan fingerprint density at radius 3 is 2.68 bits per heavy atom. The van der Waals surface area contributed by atoms with E-state index in [-0.39, 0.29) is 5.71 Å². The molecule has 4 heterocycles. The summed E-state index contributed by atoms with van der Waals surface area (Å²) < 4.78 is 0. The topological polar surface area (TPSA) is 124 Å². The van der Waals surface area contributed by atoms with Crippen molar-refractivity contribution < 1.29 is 4.79 Å². The normalized spacial score (nSPS) is 15.0. The Labute approximate surface area is 181 Å². The standard InChI is InChI=1S/C23H27N7O/c1-14(15(2)24)21(25)23(31)28-18-10-17-11-19(29-22(17)27-13-18)16-6-7-26-20(12-16)30-8-4-3-5-9-30/h6-7,10-13,25H,3-5,8-9,24H2,1-2H3,(H,27,29)(H,28,31)/b15-14-,25-21?. The number of piperidine rings is 1. The van der Waals surface area contributed by atoms with Gasteiger partial charge in [-0.05, 0) is 62.9 Å². The molecule has 1 aliphatic heterocycles. The van der Waals surface area contributed by atoms with E-state index in [1.165, 1.54) is 19.3 Å². The quantitative estimate of drug-likeness (QED) is 0.470. The molecule has 0 spiro atoms. The molecule has 5 N–H and O–H groups in total. The van der Waals surface area contributed by atoms with Crippen LogP contribution in [0.3, 0.4) is 0 Å². The molecular formula is C23H27N7O. The maximum atomic E-state index is 12.3. The number of nitrogens with two attached hydrogens (primary N) is 1. The second-order valence-electron chi connectivity index (χ2n) is 7.93. The Kier molecular flexibility index (Phi) is 5.70. The van der Waals surface area contributed by atoms with E-state index in [1.54, 1.807) is 20.0 Å². The van der Waals surface area contributed by atoms with Gasteiger partial charge in [-0.2, -0.15) is 0 Å². The molecule has 160 valence electrons. The van der Waals surface area contributed by atoms with E-state index >= 15 is 0 Å². The lowest BCUT2D eigenvalue weighted by atomic mass is 10.1. The summed E-state index contributed by atoms with van der Waals surface area (Å²) in [5, 5.41) is 11.6. The van der Waals surface area contributed by atoms with Crippen molar-refractivity contribution in [2.75, 3.05) is 23.3 Å². The average molecular weight is 418 g/mol. The van der Waals surface area contributed by atoms with Gasteiger partial charge in [0.05, 0.1) is 11.9 Å². The highest BCUT2D eigenvalue weighted by Gasteiger charge is 2.15. The van der Waals surface area contributed by atoms with Crippen LogP contribution in [0.4, 0.5) is 11.5 Å².